The number of anilines is 1. The molecule has 0 bridgehead atoms. The summed E-state index contributed by atoms with van der Waals surface area (Å²) in [5.41, 5.74) is 1.38. The zero-order chi connectivity index (χ0) is 18.7. The van der Waals surface area contributed by atoms with Crippen LogP contribution in [0.25, 0.3) is 0 Å². The molecule has 0 fully saturated rings. The van der Waals surface area contributed by atoms with Gasteiger partial charge in [0.1, 0.15) is 12.3 Å². The Balaban J connectivity index is 1.67. The topological polar surface area (TPSA) is 95.9 Å². The molecule has 7 nitrogen and oxygen atoms in total. The fraction of sp³-hybridized carbons (Fsp3) is 0.211. The number of amides is 2. The van der Waals surface area contributed by atoms with Crippen molar-refractivity contribution in [2.24, 2.45) is 0 Å². The van der Waals surface area contributed by atoms with Gasteiger partial charge in [0.05, 0.1) is 11.3 Å². The molecule has 1 atom stereocenters. The first-order valence-corrected chi connectivity index (χ1v) is 8.11. The normalized spacial score (nSPS) is 15.8. The number of carbonyl (C=O) groups excluding carboxylic acids is 2. The molecule has 0 saturated heterocycles. The first-order chi connectivity index (χ1) is 12.5. The van der Waals surface area contributed by atoms with Crippen LogP contribution in [-0.2, 0) is 16.1 Å². The zero-order valence-corrected chi connectivity index (χ0v) is 14.1. The SMILES string of the molecule is CC1Oc2ccccc2N(CC(=O)NCc2cccc(C(=O)O)c2)C1=O. The molecule has 2 amide bonds. The minimum atomic E-state index is -1.03. The van der Waals surface area contributed by atoms with Crippen LogP contribution >= 0.6 is 0 Å². The van der Waals surface area contributed by atoms with Gasteiger partial charge in [-0.2, -0.15) is 0 Å². The lowest BCUT2D eigenvalue weighted by molar-refractivity contribution is -0.128. The highest BCUT2D eigenvalue weighted by Gasteiger charge is 2.32. The van der Waals surface area contributed by atoms with Gasteiger partial charge in [-0.1, -0.05) is 24.3 Å². The maximum Gasteiger partial charge on any atom is 0.335 e. The summed E-state index contributed by atoms with van der Waals surface area (Å²) in [7, 11) is 0. The summed E-state index contributed by atoms with van der Waals surface area (Å²) in [6, 6.07) is 13.4. The summed E-state index contributed by atoms with van der Waals surface area (Å²) in [5.74, 6) is -1.10. The number of hydrogen-bond donors (Lipinski definition) is 2. The van der Waals surface area contributed by atoms with Crippen LogP contribution in [0.4, 0.5) is 5.69 Å². The van der Waals surface area contributed by atoms with Crippen LogP contribution in [0, 0.1) is 0 Å². The van der Waals surface area contributed by atoms with Gasteiger partial charge in [-0.3, -0.25) is 14.5 Å². The minimum absolute atomic E-state index is 0.137. The monoisotopic (exact) mass is 354 g/mol. The molecule has 2 aromatic rings. The van der Waals surface area contributed by atoms with E-state index in [0.29, 0.717) is 17.0 Å². The number of carboxylic acids is 1. The Bertz CT molecular complexity index is 865. The number of ether oxygens (including phenoxy) is 1. The fourth-order valence-corrected chi connectivity index (χ4v) is 2.74. The van der Waals surface area contributed by atoms with Crippen molar-refractivity contribution in [2.75, 3.05) is 11.4 Å². The third-order valence-electron chi connectivity index (χ3n) is 4.04. The highest BCUT2D eigenvalue weighted by atomic mass is 16.5. The highest BCUT2D eigenvalue weighted by Crippen LogP contribution is 2.33. The van der Waals surface area contributed by atoms with Crippen LogP contribution in [-0.4, -0.2) is 35.5 Å². The van der Waals surface area contributed by atoms with Crippen molar-refractivity contribution in [2.45, 2.75) is 19.6 Å². The molecule has 0 spiro atoms. The van der Waals surface area contributed by atoms with Gasteiger partial charge in [-0.15, -0.1) is 0 Å². The summed E-state index contributed by atoms with van der Waals surface area (Å²) in [6.07, 6.45) is -0.662. The summed E-state index contributed by atoms with van der Waals surface area (Å²) >= 11 is 0. The van der Waals surface area contributed by atoms with E-state index in [2.05, 4.69) is 5.32 Å². The van der Waals surface area contributed by atoms with Crippen molar-refractivity contribution in [1.29, 1.82) is 0 Å². The Labute approximate surface area is 150 Å². The average Bonchev–Trinajstić information content (AvgIpc) is 2.64. The largest absolute Gasteiger partial charge is 0.479 e. The van der Waals surface area contributed by atoms with Crippen molar-refractivity contribution in [3.8, 4) is 5.75 Å². The molecule has 1 unspecified atom stereocenters. The molecule has 1 heterocycles. The van der Waals surface area contributed by atoms with Crippen LogP contribution in [0.3, 0.4) is 0 Å². The highest BCUT2D eigenvalue weighted by molar-refractivity contribution is 6.03. The summed E-state index contributed by atoms with van der Waals surface area (Å²) in [5, 5.41) is 11.7. The molecule has 3 rings (SSSR count). The number of hydrogen-bond acceptors (Lipinski definition) is 4. The van der Waals surface area contributed by atoms with E-state index >= 15 is 0 Å². The predicted octanol–water partition coefficient (Wildman–Crippen LogP) is 1.82. The number of nitrogens with zero attached hydrogens (tertiary/aromatic N) is 1. The van der Waals surface area contributed by atoms with E-state index in [-0.39, 0.29) is 30.5 Å². The molecular formula is C19H18N2O5. The standard InChI is InChI=1S/C19H18N2O5/c1-12-18(23)21(15-7-2-3-8-16(15)26-12)11-17(22)20-10-13-5-4-6-14(9-13)19(24)25/h2-9,12H,10-11H2,1H3,(H,20,22)(H,24,25). The molecule has 1 aliphatic rings. The van der Waals surface area contributed by atoms with Crippen molar-refractivity contribution >= 4 is 23.5 Å². The fourth-order valence-electron chi connectivity index (χ4n) is 2.74. The number of carbonyl (C=O) groups is 3. The average molecular weight is 354 g/mol. The summed E-state index contributed by atoms with van der Waals surface area (Å²) in [6.45, 7) is 1.68. The Morgan fingerprint density at radius 3 is 2.73 bits per heavy atom. The van der Waals surface area contributed by atoms with Gasteiger partial charge in [0.15, 0.2) is 6.10 Å². The number of rotatable bonds is 5. The first-order valence-electron chi connectivity index (χ1n) is 8.11. The Kier molecular flexibility index (Phi) is 4.88. The number of nitrogens with one attached hydrogen (secondary N) is 1. The first kappa shape index (κ1) is 17.5. The number of fused-ring (bicyclic) bond motifs is 1. The lowest BCUT2D eigenvalue weighted by Gasteiger charge is -2.32. The lowest BCUT2D eigenvalue weighted by Crippen LogP contribution is -2.48. The van der Waals surface area contributed by atoms with Crippen LogP contribution in [0.1, 0.15) is 22.8 Å². The number of aromatic carboxylic acids is 1. The second-order valence-corrected chi connectivity index (χ2v) is 5.93. The summed E-state index contributed by atoms with van der Waals surface area (Å²) < 4.78 is 5.54. The number of benzene rings is 2. The second kappa shape index (κ2) is 7.26. The minimum Gasteiger partial charge on any atom is -0.479 e. The van der Waals surface area contributed by atoms with E-state index in [0.717, 1.165) is 0 Å². The quantitative estimate of drug-likeness (QED) is 0.854. The van der Waals surface area contributed by atoms with Crippen LogP contribution < -0.4 is 15.0 Å². The van der Waals surface area contributed by atoms with Gasteiger partial charge in [0, 0.05) is 6.54 Å². The van der Waals surface area contributed by atoms with E-state index in [1.54, 1.807) is 43.3 Å². The molecule has 0 radical (unpaired) electrons. The van der Waals surface area contributed by atoms with Gasteiger partial charge in [-0.05, 0) is 36.8 Å². The molecule has 1 aliphatic heterocycles. The Hall–Kier alpha value is -3.35. The van der Waals surface area contributed by atoms with E-state index in [1.165, 1.54) is 17.0 Å². The van der Waals surface area contributed by atoms with Crippen molar-refractivity contribution in [3.05, 3.63) is 59.7 Å². The van der Waals surface area contributed by atoms with Gasteiger partial charge >= 0.3 is 5.97 Å². The molecule has 2 N–H and O–H groups in total. The van der Waals surface area contributed by atoms with E-state index in [4.69, 9.17) is 9.84 Å². The molecule has 0 saturated carbocycles. The molecule has 2 aromatic carbocycles. The maximum atomic E-state index is 12.4. The third-order valence-corrected chi connectivity index (χ3v) is 4.04. The maximum absolute atomic E-state index is 12.4. The van der Waals surface area contributed by atoms with Gasteiger partial charge in [-0.25, -0.2) is 4.79 Å². The Morgan fingerprint density at radius 2 is 1.96 bits per heavy atom. The van der Waals surface area contributed by atoms with Crippen molar-refractivity contribution in [3.63, 3.8) is 0 Å². The predicted molar refractivity (Wildman–Crippen MR) is 94.1 cm³/mol. The molecule has 0 aromatic heterocycles. The molecule has 26 heavy (non-hydrogen) atoms. The third kappa shape index (κ3) is 3.66. The molecule has 134 valence electrons. The van der Waals surface area contributed by atoms with Crippen LogP contribution in [0.2, 0.25) is 0 Å². The van der Waals surface area contributed by atoms with Crippen LogP contribution in [0.15, 0.2) is 48.5 Å². The van der Waals surface area contributed by atoms with Crippen molar-refractivity contribution in [1.82, 2.24) is 5.32 Å². The zero-order valence-electron chi connectivity index (χ0n) is 14.1. The smallest absolute Gasteiger partial charge is 0.335 e. The van der Waals surface area contributed by atoms with Gasteiger partial charge < -0.3 is 15.2 Å². The molecular weight excluding hydrogens is 336 g/mol. The number of carboxylic acid groups (broad SMARTS) is 1. The van der Waals surface area contributed by atoms with Crippen molar-refractivity contribution < 1.29 is 24.2 Å². The second-order valence-electron chi connectivity index (χ2n) is 5.93. The molecule has 7 heteroatoms. The van der Waals surface area contributed by atoms with E-state index in [9.17, 15) is 14.4 Å². The molecule has 0 aliphatic carbocycles. The summed E-state index contributed by atoms with van der Waals surface area (Å²) in [4.78, 5) is 37.1. The van der Waals surface area contributed by atoms with Gasteiger partial charge in [0.2, 0.25) is 5.91 Å². The van der Waals surface area contributed by atoms with E-state index in [1.807, 2.05) is 0 Å². The number of para-hydroxylation sites is 2. The lowest BCUT2D eigenvalue weighted by atomic mass is 10.1. The van der Waals surface area contributed by atoms with Crippen LogP contribution in [0.5, 0.6) is 5.75 Å². The van der Waals surface area contributed by atoms with Gasteiger partial charge in [0.25, 0.3) is 5.91 Å². The Morgan fingerprint density at radius 1 is 1.19 bits per heavy atom. The van der Waals surface area contributed by atoms with E-state index < -0.39 is 12.1 Å².